The Labute approximate surface area is 445 Å². The molecule has 358 valence electrons. The van der Waals surface area contributed by atoms with Gasteiger partial charge in [0, 0.05) is 34.1 Å². The number of hydrogen-bond acceptors (Lipinski definition) is 2. The molecule has 2 nitrogen and oxygen atoms in total. The van der Waals surface area contributed by atoms with Crippen LogP contribution in [0.25, 0.3) is 33.4 Å². The van der Waals surface area contributed by atoms with Crippen molar-refractivity contribution in [2.75, 3.05) is 9.80 Å². The Balaban J connectivity index is 0.846. The van der Waals surface area contributed by atoms with Crippen molar-refractivity contribution in [3.8, 4) is 33.4 Å². The van der Waals surface area contributed by atoms with Crippen LogP contribution in [0.1, 0.15) is 44.5 Å². The van der Waals surface area contributed by atoms with Crippen LogP contribution in [0.15, 0.2) is 315 Å². The highest BCUT2D eigenvalue weighted by atomic mass is 15.1. The van der Waals surface area contributed by atoms with Crippen molar-refractivity contribution < 1.29 is 0 Å². The molecule has 0 saturated heterocycles. The van der Waals surface area contributed by atoms with Gasteiger partial charge in [0.25, 0.3) is 0 Å². The summed E-state index contributed by atoms with van der Waals surface area (Å²) < 4.78 is 0. The molecule has 0 N–H and O–H groups in total. The first kappa shape index (κ1) is 44.9. The molecule has 0 bridgehead atoms. The van der Waals surface area contributed by atoms with Crippen LogP contribution in [0.5, 0.6) is 0 Å². The van der Waals surface area contributed by atoms with Gasteiger partial charge in [0.2, 0.25) is 0 Å². The molecule has 0 heterocycles. The molecule has 0 atom stereocenters. The summed E-state index contributed by atoms with van der Waals surface area (Å²) in [6.45, 7) is 0. The van der Waals surface area contributed by atoms with Crippen molar-refractivity contribution in [2.24, 2.45) is 0 Å². The van der Waals surface area contributed by atoms with E-state index in [0.717, 1.165) is 45.3 Å². The van der Waals surface area contributed by atoms with Gasteiger partial charge in [-0.3, -0.25) is 0 Å². The minimum absolute atomic E-state index is 0.500. The van der Waals surface area contributed by atoms with E-state index < -0.39 is 10.8 Å². The fourth-order valence-corrected chi connectivity index (χ4v) is 12.8. The van der Waals surface area contributed by atoms with Crippen LogP contribution in [-0.2, 0) is 10.8 Å². The van der Waals surface area contributed by atoms with Gasteiger partial charge in [-0.05, 0) is 151 Å². The van der Waals surface area contributed by atoms with Crippen LogP contribution in [0.4, 0.5) is 34.1 Å². The molecule has 0 saturated carbocycles. The molecule has 0 unspecified atom stereocenters. The Bertz CT molecular complexity index is 3660. The van der Waals surface area contributed by atoms with Crippen molar-refractivity contribution >= 4 is 34.1 Å². The van der Waals surface area contributed by atoms with Crippen LogP contribution in [0.2, 0.25) is 0 Å². The SMILES string of the molecule is c1ccc(N(c2ccc(-c3ccc(N(c4ccccc4)c4ccc5c(c4)C(c4ccccc4)(c4ccccc4)c4ccccc4-5)cc3)cc2)c2ccc3c(c2)C(c2ccccc2)(c2ccccc2)c2ccccc2-3)cc1. The molecule has 12 aromatic carbocycles. The molecule has 0 spiro atoms. The van der Waals surface area contributed by atoms with E-state index in [1.165, 1.54) is 66.8 Å². The highest BCUT2D eigenvalue weighted by Gasteiger charge is 2.48. The first-order valence-electron chi connectivity index (χ1n) is 26.3. The lowest BCUT2D eigenvalue weighted by Gasteiger charge is -2.35. The van der Waals surface area contributed by atoms with E-state index >= 15 is 0 Å². The Morgan fingerprint density at radius 2 is 0.434 bits per heavy atom. The second-order valence-electron chi connectivity index (χ2n) is 20.0. The lowest BCUT2D eigenvalue weighted by molar-refractivity contribution is 0.768. The molecule has 2 heteroatoms. The summed E-state index contributed by atoms with van der Waals surface area (Å²) in [6.07, 6.45) is 0. The summed E-state index contributed by atoms with van der Waals surface area (Å²) in [6, 6.07) is 116. The topological polar surface area (TPSA) is 6.48 Å². The number of rotatable bonds is 11. The Morgan fingerprint density at radius 1 is 0.184 bits per heavy atom. The van der Waals surface area contributed by atoms with Gasteiger partial charge in [0.05, 0.1) is 10.8 Å². The van der Waals surface area contributed by atoms with E-state index in [2.05, 4.69) is 325 Å². The van der Waals surface area contributed by atoms with Gasteiger partial charge < -0.3 is 9.80 Å². The van der Waals surface area contributed by atoms with E-state index in [9.17, 15) is 0 Å². The van der Waals surface area contributed by atoms with E-state index in [0.29, 0.717) is 0 Å². The average molecular weight is 969 g/mol. The van der Waals surface area contributed by atoms with E-state index in [4.69, 9.17) is 0 Å². The monoisotopic (exact) mass is 968 g/mol. The predicted octanol–water partition coefficient (Wildman–Crippen LogP) is 19.0. The standard InChI is InChI=1S/C74H52N2/c1-7-23-55(24-8-1)73(56-25-9-2-10-26-56)69-37-21-19-35-65(69)67-49-47-63(51-71(67)73)75(59-31-15-5-16-32-59)61-43-39-53(40-44-61)54-41-45-62(46-42-54)76(60-33-17-6-18-34-60)64-48-50-68-66-36-20-22-38-70(66)74(72(68)52-64,57-27-11-3-12-28-57)58-29-13-4-14-30-58/h1-52H. The third-order valence-corrected chi connectivity index (χ3v) is 16.0. The van der Waals surface area contributed by atoms with E-state index in [-0.39, 0.29) is 0 Å². The molecule has 0 aliphatic heterocycles. The Hall–Kier alpha value is -9.76. The van der Waals surface area contributed by atoms with Gasteiger partial charge in [0.1, 0.15) is 0 Å². The number of benzene rings is 12. The molecule has 76 heavy (non-hydrogen) atoms. The zero-order valence-electron chi connectivity index (χ0n) is 41.9. The molecular formula is C74H52N2. The van der Waals surface area contributed by atoms with Crippen molar-refractivity contribution in [3.63, 3.8) is 0 Å². The zero-order valence-corrected chi connectivity index (χ0v) is 41.9. The molecule has 14 rings (SSSR count). The van der Waals surface area contributed by atoms with Crippen molar-refractivity contribution in [1.82, 2.24) is 0 Å². The third kappa shape index (κ3) is 7.10. The fraction of sp³-hybridized carbons (Fsp3) is 0.0270. The number of anilines is 6. The molecule has 0 fully saturated rings. The van der Waals surface area contributed by atoms with Crippen molar-refractivity contribution in [1.29, 1.82) is 0 Å². The fourth-order valence-electron chi connectivity index (χ4n) is 12.8. The summed E-state index contributed by atoms with van der Waals surface area (Å²) in [5, 5.41) is 0. The number of nitrogens with zero attached hydrogens (tertiary/aromatic N) is 2. The summed E-state index contributed by atoms with van der Waals surface area (Å²) in [5.74, 6) is 0. The lowest BCUT2D eigenvalue weighted by Crippen LogP contribution is -2.28. The largest absolute Gasteiger partial charge is 0.310 e. The molecule has 12 aromatic rings. The minimum atomic E-state index is -0.500. The van der Waals surface area contributed by atoms with Gasteiger partial charge in [0.15, 0.2) is 0 Å². The van der Waals surface area contributed by atoms with Gasteiger partial charge in [-0.25, -0.2) is 0 Å². The van der Waals surface area contributed by atoms with Crippen LogP contribution in [0, 0.1) is 0 Å². The smallest absolute Gasteiger partial charge is 0.0714 e. The third-order valence-electron chi connectivity index (χ3n) is 16.0. The maximum Gasteiger partial charge on any atom is 0.0714 e. The summed E-state index contributed by atoms with van der Waals surface area (Å²) in [7, 11) is 0. The number of hydrogen-bond donors (Lipinski definition) is 0. The minimum Gasteiger partial charge on any atom is -0.310 e. The van der Waals surface area contributed by atoms with Gasteiger partial charge in [-0.2, -0.15) is 0 Å². The second kappa shape index (κ2) is 18.6. The molecule has 0 amide bonds. The van der Waals surface area contributed by atoms with Gasteiger partial charge in [-0.15, -0.1) is 0 Å². The first-order chi connectivity index (χ1) is 37.7. The number of fused-ring (bicyclic) bond motifs is 6. The molecule has 2 aliphatic rings. The van der Waals surface area contributed by atoms with Crippen LogP contribution in [-0.4, -0.2) is 0 Å². The van der Waals surface area contributed by atoms with Gasteiger partial charge >= 0.3 is 0 Å². The van der Waals surface area contributed by atoms with Crippen LogP contribution in [0.3, 0.4) is 0 Å². The maximum atomic E-state index is 2.44. The highest BCUT2D eigenvalue weighted by molar-refractivity contribution is 5.92. The molecule has 2 aliphatic carbocycles. The molecular weight excluding hydrogens is 917 g/mol. The summed E-state index contributed by atoms with van der Waals surface area (Å²) >= 11 is 0. The van der Waals surface area contributed by atoms with E-state index in [1.807, 2.05) is 0 Å². The molecule has 0 aromatic heterocycles. The predicted molar refractivity (Wildman–Crippen MR) is 316 cm³/mol. The summed E-state index contributed by atoms with van der Waals surface area (Å²) in [5.41, 5.74) is 23.1. The normalized spacial score (nSPS) is 13.2. The average Bonchev–Trinajstić information content (AvgIpc) is 4.08. The zero-order chi connectivity index (χ0) is 50.5. The lowest BCUT2D eigenvalue weighted by atomic mass is 9.67. The van der Waals surface area contributed by atoms with Gasteiger partial charge in [-0.1, -0.05) is 243 Å². The Morgan fingerprint density at radius 3 is 0.763 bits per heavy atom. The van der Waals surface area contributed by atoms with Crippen molar-refractivity contribution in [2.45, 2.75) is 10.8 Å². The Kier molecular flexibility index (Phi) is 11.0. The van der Waals surface area contributed by atoms with E-state index in [1.54, 1.807) is 0 Å². The van der Waals surface area contributed by atoms with Crippen molar-refractivity contribution in [3.05, 3.63) is 360 Å². The highest BCUT2D eigenvalue weighted by Crippen LogP contribution is 2.59. The maximum absolute atomic E-state index is 2.44. The molecule has 0 radical (unpaired) electrons. The second-order valence-corrected chi connectivity index (χ2v) is 20.0. The quantitative estimate of drug-likeness (QED) is 0.127. The summed E-state index contributed by atoms with van der Waals surface area (Å²) in [4.78, 5) is 4.79. The number of para-hydroxylation sites is 2. The first-order valence-corrected chi connectivity index (χ1v) is 26.3. The van der Waals surface area contributed by atoms with Crippen LogP contribution < -0.4 is 9.80 Å². The van der Waals surface area contributed by atoms with Crippen LogP contribution >= 0.6 is 0 Å².